The molecule has 6 nitrogen and oxygen atoms in total. The summed E-state index contributed by atoms with van der Waals surface area (Å²) in [6.07, 6.45) is 5.73. The second-order valence-electron chi connectivity index (χ2n) is 5.05. The van der Waals surface area contributed by atoms with Crippen molar-refractivity contribution in [2.75, 3.05) is 7.05 Å². The molecule has 2 heterocycles. The molecule has 0 saturated heterocycles. The fraction of sp³-hybridized carbons (Fsp3) is 0.0588. The Morgan fingerprint density at radius 2 is 1.96 bits per heavy atom. The maximum Gasteiger partial charge on any atom is 0.269 e. The van der Waals surface area contributed by atoms with Crippen LogP contribution in [-0.4, -0.2) is 30.2 Å². The van der Waals surface area contributed by atoms with E-state index in [0.717, 1.165) is 3.97 Å². The molecule has 0 unspecified atom stereocenters. The van der Waals surface area contributed by atoms with Crippen LogP contribution in [0.15, 0.2) is 72.0 Å². The first kappa shape index (κ1) is 15.9. The number of nitrogens with zero attached hydrogens (tertiary/aromatic N) is 2. The van der Waals surface area contributed by atoms with Crippen molar-refractivity contribution in [3.05, 3.63) is 72.7 Å². The molecule has 0 amide bonds. The SMILES string of the molecule is CN/C=C/C(=O)c1cnc2c(ccn2S(=O)(=O)c2ccccc2)c1. The average Bonchev–Trinajstić information content (AvgIpc) is 3.04. The van der Waals surface area contributed by atoms with Gasteiger partial charge in [-0.2, -0.15) is 0 Å². The van der Waals surface area contributed by atoms with E-state index in [2.05, 4.69) is 10.3 Å². The van der Waals surface area contributed by atoms with Gasteiger partial charge in [0.15, 0.2) is 11.4 Å². The van der Waals surface area contributed by atoms with Gasteiger partial charge in [-0.3, -0.25) is 4.79 Å². The molecule has 0 aliphatic carbocycles. The van der Waals surface area contributed by atoms with Crippen molar-refractivity contribution in [2.24, 2.45) is 0 Å². The van der Waals surface area contributed by atoms with Gasteiger partial charge in [0.2, 0.25) is 0 Å². The lowest BCUT2D eigenvalue weighted by Crippen LogP contribution is -2.12. The van der Waals surface area contributed by atoms with Gasteiger partial charge in [-0.05, 0) is 24.3 Å². The van der Waals surface area contributed by atoms with Crippen molar-refractivity contribution in [1.82, 2.24) is 14.3 Å². The highest BCUT2D eigenvalue weighted by molar-refractivity contribution is 7.90. The molecule has 0 saturated carbocycles. The van der Waals surface area contributed by atoms with Crippen LogP contribution in [0.25, 0.3) is 11.0 Å². The Morgan fingerprint density at radius 3 is 2.67 bits per heavy atom. The van der Waals surface area contributed by atoms with E-state index in [0.29, 0.717) is 10.9 Å². The number of hydrogen-bond acceptors (Lipinski definition) is 5. The van der Waals surface area contributed by atoms with Gasteiger partial charge in [0.1, 0.15) is 0 Å². The highest BCUT2D eigenvalue weighted by Crippen LogP contribution is 2.21. The van der Waals surface area contributed by atoms with Crippen LogP contribution in [0.4, 0.5) is 0 Å². The molecule has 122 valence electrons. The molecule has 2 aromatic heterocycles. The molecule has 3 rings (SSSR count). The van der Waals surface area contributed by atoms with Crippen molar-refractivity contribution >= 4 is 26.8 Å². The number of pyridine rings is 1. The Hall–Kier alpha value is -2.93. The molecule has 0 bridgehead atoms. The summed E-state index contributed by atoms with van der Waals surface area (Å²) in [7, 11) is -2.03. The standard InChI is InChI=1S/C17H15N3O3S/c1-18-9-7-16(21)14-11-13-8-10-20(17(13)19-12-14)24(22,23)15-5-3-2-4-6-15/h2-12,18H,1H3/b9-7+. The highest BCUT2D eigenvalue weighted by atomic mass is 32.2. The molecule has 0 atom stereocenters. The normalized spacial score (nSPS) is 11.9. The molecule has 7 heteroatoms. The maximum absolute atomic E-state index is 12.7. The number of rotatable bonds is 5. The van der Waals surface area contributed by atoms with E-state index in [-0.39, 0.29) is 16.3 Å². The summed E-state index contributed by atoms with van der Waals surface area (Å²) in [5, 5.41) is 3.32. The van der Waals surface area contributed by atoms with Gasteiger partial charge in [-0.1, -0.05) is 18.2 Å². The van der Waals surface area contributed by atoms with Gasteiger partial charge in [0.25, 0.3) is 10.0 Å². The molecule has 1 aromatic carbocycles. The van der Waals surface area contributed by atoms with Crippen molar-refractivity contribution < 1.29 is 13.2 Å². The van der Waals surface area contributed by atoms with Crippen molar-refractivity contribution in [1.29, 1.82) is 0 Å². The van der Waals surface area contributed by atoms with E-state index in [9.17, 15) is 13.2 Å². The van der Waals surface area contributed by atoms with Gasteiger partial charge in [0, 0.05) is 42.7 Å². The quantitative estimate of drug-likeness (QED) is 0.568. The van der Waals surface area contributed by atoms with Crippen LogP contribution < -0.4 is 5.32 Å². The van der Waals surface area contributed by atoms with Crippen LogP contribution in [0.1, 0.15) is 10.4 Å². The topological polar surface area (TPSA) is 81.1 Å². The number of hydrogen-bond donors (Lipinski definition) is 1. The van der Waals surface area contributed by atoms with E-state index in [4.69, 9.17) is 0 Å². The lowest BCUT2D eigenvalue weighted by Gasteiger charge is -2.07. The average molecular weight is 341 g/mol. The minimum Gasteiger partial charge on any atom is -0.394 e. The van der Waals surface area contributed by atoms with E-state index < -0.39 is 10.0 Å². The Kier molecular flexibility index (Phi) is 4.18. The minimum absolute atomic E-state index is 0.182. The summed E-state index contributed by atoms with van der Waals surface area (Å²) in [4.78, 5) is 16.3. The van der Waals surface area contributed by atoms with Gasteiger partial charge < -0.3 is 5.32 Å². The fourth-order valence-electron chi connectivity index (χ4n) is 2.29. The van der Waals surface area contributed by atoms with Gasteiger partial charge in [0.05, 0.1) is 4.90 Å². The zero-order chi connectivity index (χ0) is 17.2. The first-order valence-electron chi connectivity index (χ1n) is 7.20. The number of fused-ring (bicyclic) bond motifs is 1. The lowest BCUT2D eigenvalue weighted by atomic mass is 10.1. The van der Waals surface area contributed by atoms with Crippen LogP contribution >= 0.6 is 0 Å². The van der Waals surface area contributed by atoms with Crippen LogP contribution in [0, 0.1) is 0 Å². The third-order valence-electron chi connectivity index (χ3n) is 3.48. The van der Waals surface area contributed by atoms with Gasteiger partial charge >= 0.3 is 0 Å². The molecule has 0 radical (unpaired) electrons. The monoisotopic (exact) mass is 341 g/mol. The third kappa shape index (κ3) is 2.81. The van der Waals surface area contributed by atoms with Crippen LogP contribution in [0.3, 0.4) is 0 Å². The predicted molar refractivity (Wildman–Crippen MR) is 91.3 cm³/mol. The second-order valence-corrected chi connectivity index (χ2v) is 6.87. The molecular formula is C17H15N3O3S. The second kappa shape index (κ2) is 6.29. The van der Waals surface area contributed by atoms with E-state index in [1.54, 1.807) is 37.4 Å². The van der Waals surface area contributed by atoms with Crippen molar-refractivity contribution in [3.8, 4) is 0 Å². The summed E-state index contributed by atoms with van der Waals surface area (Å²) in [5.74, 6) is -0.211. The van der Waals surface area contributed by atoms with Gasteiger partial charge in [-0.25, -0.2) is 17.4 Å². The molecule has 0 spiro atoms. The molecule has 3 aromatic rings. The minimum atomic E-state index is -3.72. The summed E-state index contributed by atoms with van der Waals surface area (Å²) in [6.45, 7) is 0. The first-order valence-corrected chi connectivity index (χ1v) is 8.64. The summed E-state index contributed by atoms with van der Waals surface area (Å²) >= 11 is 0. The Morgan fingerprint density at radius 1 is 1.21 bits per heavy atom. The summed E-state index contributed by atoms with van der Waals surface area (Å²) in [6, 6.07) is 11.4. The molecule has 0 aliphatic heterocycles. The number of carbonyl (C=O) groups excluding carboxylic acids is 1. The highest BCUT2D eigenvalue weighted by Gasteiger charge is 2.19. The smallest absolute Gasteiger partial charge is 0.269 e. The number of benzene rings is 1. The van der Waals surface area contributed by atoms with Crippen LogP contribution in [0.2, 0.25) is 0 Å². The third-order valence-corrected chi connectivity index (χ3v) is 5.16. The van der Waals surface area contributed by atoms with Crippen molar-refractivity contribution in [2.45, 2.75) is 4.90 Å². The molecular weight excluding hydrogens is 326 g/mol. The number of allylic oxidation sites excluding steroid dienone is 1. The van der Waals surface area contributed by atoms with Gasteiger partial charge in [-0.15, -0.1) is 0 Å². The predicted octanol–water partition coefficient (Wildman–Crippen LogP) is 2.19. The largest absolute Gasteiger partial charge is 0.394 e. The molecule has 24 heavy (non-hydrogen) atoms. The Labute approximate surface area is 139 Å². The van der Waals surface area contributed by atoms with Crippen LogP contribution in [0.5, 0.6) is 0 Å². The Bertz CT molecular complexity index is 1020. The first-order chi connectivity index (χ1) is 11.5. The molecule has 0 fully saturated rings. The number of ketones is 1. The zero-order valence-electron chi connectivity index (χ0n) is 12.9. The van der Waals surface area contributed by atoms with Crippen LogP contribution in [-0.2, 0) is 10.0 Å². The zero-order valence-corrected chi connectivity index (χ0v) is 13.7. The van der Waals surface area contributed by atoms with E-state index in [1.165, 1.54) is 36.8 Å². The summed E-state index contributed by atoms with van der Waals surface area (Å²) in [5.41, 5.74) is 0.678. The summed E-state index contributed by atoms with van der Waals surface area (Å²) < 4.78 is 26.5. The number of nitrogens with one attached hydrogen (secondary N) is 1. The maximum atomic E-state index is 12.7. The van der Waals surface area contributed by atoms with E-state index in [1.807, 2.05) is 0 Å². The number of aromatic nitrogens is 2. The molecule has 1 N–H and O–H groups in total. The molecule has 0 aliphatic rings. The van der Waals surface area contributed by atoms with E-state index >= 15 is 0 Å². The fourth-order valence-corrected chi connectivity index (χ4v) is 3.62. The van der Waals surface area contributed by atoms with Crippen molar-refractivity contribution in [3.63, 3.8) is 0 Å². The lowest BCUT2D eigenvalue weighted by molar-refractivity contribution is 0.104. The number of carbonyl (C=O) groups is 1. The Balaban J connectivity index is 2.06.